The SMILES string of the molecule is CC12CC(C3CCCC3)N1C2. The summed E-state index contributed by atoms with van der Waals surface area (Å²) >= 11 is 0. The number of hydrogen-bond acceptors (Lipinski definition) is 1. The van der Waals surface area contributed by atoms with Crippen molar-refractivity contribution in [3.05, 3.63) is 0 Å². The van der Waals surface area contributed by atoms with Crippen molar-refractivity contribution in [1.29, 1.82) is 0 Å². The molecular weight excluding hydrogens is 134 g/mol. The van der Waals surface area contributed by atoms with Crippen molar-refractivity contribution < 1.29 is 0 Å². The van der Waals surface area contributed by atoms with Crippen LogP contribution in [0, 0.1) is 5.92 Å². The van der Waals surface area contributed by atoms with E-state index in [-0.39, 0.29) is 0 Å². The highest BCUT2D eigenvalue weighted by Crippen LogP contribution is 2.54. The molecule has 0 aromatic heterocycles. The van der Waals surface area contributed by atoms with Crippen molar-refractivity contribution in [3.63, 3.8) is 0 Å². The zero-order chi connectivity index (χ0) is 7.47. The highest BCUT2D eigenvalue weighted by atomic mass is 15.4. The van der Waals surface area contributed by atoms with E-state index in [2.05, 4.69) is 11.8 Å². The van der Waals surface area contributed by atoms with Crippen molar-refractivity contribution in [2.24, 2.45) is 5.92 Å². The smallest absolute Gasteiger partial charge is 0.0327 e. The summed E-state index contributed by atoms with van der Waals surface area (Å²) in [6, 6.07) is 1.02. The van der Waals surface area contributed by atoms with Gasteiger partial charge in [-0.25, -0.2) is 0 Å². The van der Waals surface area contributed by atoms with Gasteiger partial charge in [0.2, 0.25) is 0 Å². The molecule has 62 valence electrons. The summed E-state index contributed by atoms with van der Waals surface area (Å²) in [6.45, 7) is 3.83. The number of fused-ring (bicyclic) bond motifs is 1. The Morgan fingerprint density at radius 3 is 2.45 bits per heavy atom. The van der Waals surface area contributed by atoms with E-state index in [0.29, 0.717) is 5.54 Å². The summed E-state index contributed by atoms with van der Waals surface area (Å²) < 4.78 is 0. The molecule has 3 aliphatic rings. The van der Waals surface area contributed by atoms with E-state index in [1.165, 1.54) is 38.6 Å². The second kappa shape index (κ2) is 1.82. The molecule has 0 N–H and O–H groups in total. The Labute approximate surface area is 68.8 Å². The fraction of sp³-hybridized carbons (Fsp3) is 1.00. The van der Waals surface area contributed by atoms with Gasteiger partial charge in [0, 0.05) is 18.1 Å². The van der Waals surface area contributed by atoms with Crippen LogP contribution in [0.25, 0.3) is 0 Å². The molecule has 0 aromatic carbocycles. The first-order valence-corrected chi connectivity index (χ1v) is 5.06. The van der Waals surface area contributed by atoms with E-state index in [4.69, 9.17) is 0 Å². The second-order valence-corrected chi connectivity index (χ2v) is 4.94. The molecule has 0 spiro atoms. The van der Waals surface area contributed by atoms with Crippen LogP contribution in [-0.4, -0.2) is 23.0 Å². The van der Waals surface area contributed by atoms with Crippen LogP contribution in [0.2, 0.25) is 0 Å². The van der Waals surface area contributed by atoms with Gasteiger partial charge < -0.3 is 0 Å². The van der Waals surface area contributed by atoms with Crippen molar-refractivity contribution in [2.75, 3.05) is 6.54 Å². The molecule has 2 heterocycles. The normalized spacial score (nSPS) is 55.4. The molecule has 1 aliphatic carbocycles. The Morgan fingerprint density at radius 1 is 1.27 bits per heavy atom. The molecule has 0 aromatic rings. The largest absolute Gasteiger partial charge is 0.291 e. The first-order chi connectivity index (χ1) is 5.30. The molecule has 2 aliphatic heterocycles. The van der Waals surface area contributed by atoms with Crippen LogP contribution in [0.15, 0.2) is 0 Å². The molecule has 3 unspecified atom stereocenters. The quantitative estimate of drug-likeness (QED) is 0.518. The molecule has 0 radical (unpaired) electrons. The third-order valence-corrected chi connectivity index (χ3v) is 4.09. The van der Waals surface area contributed by atoms with Crippen LogP contribution < -0.4 is 0 Å². The summed E-state index contributed by atoms with van der Waals surface area (Å²) in [5, 5.41) is 0. The molecule has 0 bridgehead atoms. The zero-order valence-corrected chi connectivity index (χ0v) is 7.34. The fourth-order valence-corrected chi connectivity index (χ4v) is 3.24. The average Bonchev–Trinajstić information content (AvgIpc) is 2.46. The van der Waals surface area contributed by atoms with Gasteiger partial charge in [0.25, 0.3) is 0 Å². The first-order valence-electron chi connectivity index (χ1n) is 5.06. The lowest BCUT2D eigenvalue weighted by molar-refractivity contribution is 0.122. The van der Waals surface area contributed by atoms with Crippen LogP contribution in [0.3, 0.4) is 0 Å². The lowest BCUT2D eigenvalue weighted by Crippen LogP contribution is -2.44. The maximum absolute atomic E-state index is 2.71. The third-order valence-electron chi connectivity index (χ3n) is 4.09. The van der Waals surface area contributed by atoms with E-state index >= 15 is 0 Å². The van der Waals surface area contributed by atoms with Gasteiger partial charge in [-0.2, -0.15) is 0 Å². The summed E-state index contributed by atoms with van der Waals surface area (Å²) in [4.78, 5) is 2.71. The minimum absolute atomic E-state index is 0.702. The Bertz CT molecular complexity index is 183. The van der Waals surface area contributed by atoms with Gasteiger partial charge in [-0.15, -0.1) is 0 Å². The molecule has 3 rings (SSSR count). The Hall–Kier alpha value is -0.0400. The summed E-state index contributed by atoms with van der Waals surface area (Å²) in [7, 11) is 0. The molecule has 0 amide bonds. The van der Waals surface area contributed by atoms with Gasteiger partial charge in [0.05, 0.1) is 0 Å². The summed E-state index contributed by atoms with van der Waals surface area (Å²) in [5.41, 5.74) is 0.702. The van der Waals surface area contributed by atoms with Crippen LogP contribution in [0.5, 0.6) is 0 Å². The number of nitrogens with zero attached hydrogens (tertiary/aromatic N) is 1. The van der Waals surface area contributed by atoms with E-state index in [0.717, 1.165) is 12.0 Å². The number of rotatable bonds is 1. The first kappa shape index (κ1) is 6.47. The minimum atomic E-state index is 0.702. The Balaban J connectivity index is 1.65. The van der Waals surface area contributed by atoms with Gasteiger partial charge in [-0.1, -0.05) is 12.8 Å². The van der Waals surface area contributed by atoms with Crippen LogP contribution in [0.4, 0.5) is 0 Å². The van der Waals surface area contributed by atoms with Crippen molar-refractivity contribution >= 4 is 0 Å². The Kier molecular flexibility index (Phi) is 1.07. The van der Waals surface area contributed by atoms with E-state index in [1.807, 2.05) is 0 Å². The molecular formula is C10H17N. The topological polar surface area (TPSA) is 3.01 Å². The summed E-state index contributed by atoms with van der Waals surface area (Å²) in [5.74, 6) is 1.09. The predicted molar refractivity (Wildman–Crippen MR) is 45.5 cm³/mol. The maximum Gasteiger partial charge on any atom is 0.0327 e. The molecule has 1 heteroatoms. The molecule has 11 heavy (non-hydrogen) atoms. The lowest BCUT2D eigenvalue weighted by atomic mass is 9.84. The van der Waals surface area contributed by atoms with E-state index in [9.17, 15) is 0 Å². The molecule has 3 fully saturated rings. The third kappa shape index (κ3) is 0.752. The predicted octanol–water partition coefficient (Wildman–Crippen LogP) is 2.02. The second-order valence-electron chi connectivity index (χ2n) is 4.94. The van der Waals surface area contributed by atoms with Crippen LogP contribution in [-0.2, 0) is 0 Å². The van der Waals surface area contributed by atoms with Crippen molar-refractivity contribution in [3.8, 4) is 0 Å². The fourth-order valence-electron chi connectivity index (χ4n) is 3.24. The lowest BCUT2D eigenvalue weighted by Gasteiger charge is -2.38. The average molecular weight is 151 g/mol. The molecule has 1 saturated carbocycles. The van der Waals surface area contributed by atoms with Gasteiger partial charge in [-0.3, -0.25) is 4.90 Å². The van der Waals surface area contributed by atoms with Gasteiger partial charge >= 0.3 is 0 Å². The Morgan fingerprint density at radius 2 is 2.00 bits per heavy atom. The van der Waals surface area contributed by atoms with Crippen molar-refractivity contribution in [2.45, 2.75) is 50.6 Å². The molecule has 3 atom stereocenters. The standard InChI is InChI=1S/C10H17N/c1-10-6-9(11(10)7-10)8-4-2-3-5-8/h8-9H,2-7H2,1H3. The van der Waals surface area contributed by atoms with Crippen molar-refractivity contribution in [1.82, 2.24) is 4.90 Å². The van der Waals surface area contributed by atoms with E-state index < -0.39 is 0 Å². The maximum atomic E-state index is 2.71. The van der Waals surface area contributed by atoms with Crippen LogP contribution in [0.1, 0.15) is 39.0 Å². The molecule has 1 nitrogen and oxygen atoms in total. The van der Waals surface area contributed by atoms with Gasteiger partial charge in [0.1, 0.15) is 0 Å². The number of hydrogen-bond donors (Lipinski definition) is 0. The monoisotopic (exact) mass is 151 g/mol. The van der Waals surface area contributed by atoms with Crippen LogP contribution >= 0.6 is 0 Å². The van der Waals surface area contributed by atoms with E-state index in [1.54, 1.807) is 0 Å². The highest BCUT2D eigenvalue weighted by molar-refractivity contribution is 5.19. The minimum Gasteiger partial charge on any atom is -0.291 e. The summed E-state index contributed by atoms with van der Waals surface area (Å²) in [6.07, 6.45) is 7.57. The molecule has 2 saturated heterocycles. The zero-order valence-electron chi connectivity index (χ0n) is 7.34. The highest BCUT2D eigenvalue weighted by Gasteiger charge is 2.63. The van der Waals surface area contributed by atoms with Gasteiger partial charge in [0.15, 0.2) is 0 Å². The van der Waals surface area contributed by atoms with Gasteiger partial charge in [-0.05, 0) is 32.1 Å².